The maximum atomic E-state index is 12.5. The van der Waals surface area contributed by atoms with E-state index in [1.54, 1.807) is 24.5 Å². The van der Waals surface area contributed by atoms with Gasteiger partial charge < -0.3 is 4.42 Å². The van der Waals surface area contributed by atoms with Crippen molar-refractivity contribution in [3.05, 3.63) is 54.4 Å². The molecule has 2 aromatic heterocycles. The van der Waals surface area contributed by atoms with Gasteiger partial charge in [0.05, 0.1) is 4.90 Å². The van der Waals surface area contributed by atoms with Gasteiger partial charge in [-0.25, -0.2) is 8.42 Å². The van der Waals surface area contributed by atoms with Gasteiger partial charge in [-0.05, 0) is 49.2 Å². The van der Waals surface area contributed by atoms with Crippen molar-refractivity contribution in [1.82, 2.24) is 19.5 Å². The molecule has 28 heavy (non-hydrogen) atoms. The van der Waals surface area contributed by atoms with E-state index in [2.05, 4.69) is 20.5 Å². The summed E-state index contributed by atoms with van der Waals surface area (Å²) in [5.74, 6) is -0.222. The molecule has 1 fully saturated rings. The SMILES string of the molecule is O=C(Nc1nnc(-c2ccncc2)o1)c1ccc(S(=O)(=O)N2CCCC2)cc1. The molecule has 1 aromatic carbocycles. The van der Waals surface area contributed by atoms with Crippen molar-refractivity contribution in [3.63, 3.8) is 0 Å². The fourth-order valence-electron chi connectivity index (χ4n) is 2.91. The van der Waals surface area contributed by atoms with Crippen molar-refractivity contribution in [2.75, 3.05) is 18.4 Å². The Balaban J connectivity index is 1.46. The lowest BCUT2D eigenvalue weighted by Crippen LogP contribution is -2.27. The lowest BCUT2D eigenvalue weighted by Gasteiger charge is -2.15. The monoisotopic (exact) mass is 399 g/mol. The first-order valence-corrected chi connectivity index (χ1v) is 10.1. The highest BCUT2D eigenvalue weighted by atomic mass is 32.2. The number of amides is 1. The third-order valence-corrected chi connectivity index (χ3v) is 6.30. The van der Waals surface area contributed by atoms with Crippen LogP contribution in [-0.2, 0) is 10.0 Å². The zero-order valence-electron chi connectivity index (χ0n) is 14.8. The Morgan fingerprint density at radius 2 is 1.68 bits per heavy atom. The summed E-state index contributed by atoms with van der Waals surface area (Å²) in [5, 5.41) is 10.2. The molecular formula is C18H17N5O4S. The summed E-state index contributed by atoms with van der Waals surface area (Å²) in [7, 11) is -3.51. The Morgan fingerprint density at radius 1 is 1.00 bits per heavy atom. The van der Waals surface area contributed by atoms with Crippen molar-refractivity contribution < 1.29 is 17.6 Å². The zero-order valence-corrected chi connectivity index (χ0v) is 15.6. The summed E-state index contributed by atoms with van der Waals surface area (Å²) in [4.78, 5) is 16.4. The maximum Gasteiger partial charge on any atom is 0.322 e. The van der Waals surface area contributed by atoms with E-state index >= 15 is 0 Å². The van der Waals surface area contributed by atoms with Crippen LogP contribution in [0.4, 0.5) is 6.01 Å². The Bertz CT molecular complexity index is 1070. The lowest BCUT2D eigenvalue weighted by atomic mass is 10.2. The highest BCUT2D eigenvalue weighted by Crippen LogP contribution is 2.22. The highest BCUT2D eigenvalue weighted by molar-refractivity contribution is 7.89. The van der Waals surface area contributed by atoms with E-state index in [4.69, 9.17) is 4.42 Å². The van der Waals surface area contributed by atoms with Gasteiger partial charge in [0.1, 0.15) is 0 Å². The third kappa shape index (κ3) is 3.64. The third-order valence-electron chi connectivity index (χ3n) is 4.39. The van der Waals surface area contributed by atoms with Crippen LogP contribution in [0.2, 0.25) is 0 Å². The molecule has 3 aromatic rings. The molecule has 0 spiro atoms. The van der Waals surface area contributed by atoms with E-state index < -0.39 is 15.9 Å². The van der Waals surface area contributed by atoms with Crippen LogP contribution in [0.3, 0.4) is 0 Å². The van der Waals surface area contributed by atoms with Crippen LogP contribution >= 0.6 is 0 Å². The van der Waals surface area contributed by atoms with Gasteiger partial charge in [-0.15, -0.1) is 5.10 Å². The minimum atomic E-state index is -3.51. The van der Waals surface area contributed by atoms with Gasteiger partial charge in [0.15, 0.2) is 0 Å². The minimum absolute atomic E-state index is 0.0504. The maximum absolute atomic E-state index is 12.5. The van der Waals surface area contributed by atoms with Crippen LogP contribution in [0.15, 0.2) is 58.1 Å². The van der Waals surface area contributed by atoms with E-state index in [0.29, 0.717) is 18.7 Å². The zero-order chi connectivity index (χ0) is 19.6. The van der Waals surface area contributed by atoms with Crippen molar-refractivity contribution in [2.45, 2.75) is 17.7 Å². The van der Waals surface area contributed by atoms with Crippen molar-refractivity contribution >= 4 is 21.9 Å². The van der Waals surface area contributed by atoms with Gasteiger partial charge in [0.25, 0.3) is 5.91 Å². The topological polar surface area (TPSA) is 118 Å². The summed E-state index contributed by atoms with van der Waals surface area (Å²) in [6.45, 7) is 1.06. The van der Waals surface area contributed by atoms with E-state index in [9.17, 15) is 13.2 Å². The Morgan fingerprint density at radius 3 is 2.36 bits per heavy atom. The quantitative estimate of drug-likeness (QED) is 0.698. The summed E-state index contributed by atoms with van der Waals surface area (Å²) in [5.41, 5.74) is 0.962. The summed E-state index contributed by atoms with van der Waals surface area (Å²) in [6, 6.07) is 9.14. The van der Waals surface area contributed by atoms with Crippen LogP contribution in [0.5, 0.6) is 0 Å². The number of hydrogen-bond donors (Lipinski definition) is 1. The number of carbonyl (C=O) groups is 1. The average Bonchev–Trinajstić information content (AvgIpc) is 3.41. The second-order valence-electron chi connectivity index (χ2n) is 6.24. The number of hydrogen-bond acceptors (Lipinski definition) is 7. The fraction of sp³-hybridized carbons (Fsp3) is 0.222. The number of pyridine rings is 1. The number of nitrogens with zero attached hydrogens (tertiary/aromatic N) is 4. The molecule has 0 bridgehead atoms. The first kappa shape index (κ1) is 18.3. The standard InChI is InChI=1S/C18H17N5O4S/c24-16(20-18-22-21-17(27-18)14-7-9-19-10-8-14)13-3-5-15(6-4-13)28(25,26)23-11-1-2-12-23/h3-10H,1-2,11-12H2,(H,20,22,24). The first-order chi connectivity index (χ1) is 13.5. The molecule has 3 heterocycles. The minimum Gasteiger partial charge on any atom is -0.403 e. The van der Waals surface area contributed by atoms with Crippen LogP contribution in [-0.4, -0.2) is 46.9 Å². The van der Waals surface area contributed by atoms with Crippen molar-refractivity contribution in [2.24, 2.45) is 0 Å². The molecule has 0 unspecified atom stereocenters. The molecule has 0 saturated carbocycles. The normalized spacial score (nSPS) is 14.9. The molecule has 0 radical (unpaired) electrons. The molecule has 10 heteroatoms. The van der Waals surface area contributed by atoms with Gasteiger partial charge in [-0.2, -0.15) is 4.31 Å². The molecule has 0 aliphatic carbocycles. The van der Waals surface area contributed by atoms with Gasteiger partial charge in [-0.1, -0.05) is 5.10 Å². The number of rotatable bonds is 5. The predicted octanol–water partition coefficient (Wildman–Crippen LogP) is 2.17. The smallest absolute Gasteiger partial charge is 0.322 e. The molecule has 1 aliphatic rings. The number of sulfonamides is 1. The van der Waals surface area contributed by atoms with Gasteiger partial charge in [0.2, 0.25) is 15.9 Å². The summed E-state index contributed by atoms with van der Waals surface area (Å²) in [6.07, 6.45) is 4.92. The van der Waals surface area contributed by atoms with Gasteiger partial charge in [-0.3, -0.25) is 15.1 Å². The number of carbonyl (C=O) groups excluding carboxylic acids is 1. The largest absolute Gasteiger partial charge is 0.403 e. The fourth-order valence-corrected chi connectivity index (χ4v) is 4.43. The number of aromatic nitrogens is 3. The number of anilines is 1. The summed E-state index contributed by atoms with van der Waals surface area (Å²) < 4.78 is 31.9. The van der Waals surface area contributed by atoms with E-state index in [-0.39, 0.29) is 22.4 Å². The van der Waals surface area contributed by atoms with E-state index in [1.807, 2.05) is 0 Å². The van der Waals surface area contributed by atoms with E-state index in [0.717, 1.165) is 12.8 Å². The van der Waals surface area contributed by atoms with Crippen LogP contribution < -0.4 is 5.32 Å². The number of benzene rings is 1. The van der Waals surface area contributed by atoms with Crippen LogP contribution in [0, 0.1) is 0 Å². The average molecular weight is 399 g/mol. The summed E-state index contributed by atoms with van der Waals surface area (Å²) >= 11 is 0. The second kappa shape index (κ2) is 7.49. The van der Waals surface area contributed by atoms with Crippen molar-refractivity contribution in [3.8, 4) is 11.5 Å². The van der Waals surface area contributed by atoms with Crippen LogP contribution in [0.1, 0.15) is 23.2 Å². The Labute approximate surface area is 161 Å². The molecule has 4 rings (SSSR count). The molecule has 1 aliphatic heterocycles. The molecule has 1 saturated heterocycles. The second-order valence-corrected chi connectivity index (χ2v) is 8.18. The molecular weight excluding hydrogens is 382 g/mol. The predicted molar refractivity (Wildman–Crippen MR) is 99.9 cm³/mol. The Hall–Kier alpha value is -3.11. The van der Waals surface area contributed by atoms with Gasteiger partial charge in [0, 0.05) is 36.6 Å². The molecule has 9 nitrogen and oxygen atoms in total. The highest BCUT2D eigenvalue weighted by Gasteiger charge is 2.27. The lowest BCUT2D eigenvalue weighted by molar-refractivity contribution is 0.102. The molecule has 144 valence electrons. The van der Waals surface area contributed by atoms with Gasteiger partial charge >= 0.3 is 6.01 Å². The first-order valence-electron chi connectivity index (χ1n) is 8.69. The molecule has 1 amide bonds. The van der Waals surface area contributed by atoms with E-state index in [1.165, 1.54) is 28.6 Å². The molecule has 1 N–H and O–H groups in total. The number of nitrogens with one attached hydrogen (secondary N) is 1. The Kier molecular flexibility index (Phi) is 4.88. The molecule has 0 atom stereocenters. The van der Waals surface area contributed by atoms with Crippen molar-refractivity contribution in [1.29, 1.82) is 0 Å². The van der Waals surface area contributed by atoms with Crippen LogP contribution in [0.25, 0.3) is 11.5 Å².